The van der Waals surface area contributed by atoms with E-state index >= 15 is 0 Å². The molecule has 0 aliphatic heterocycles. The molecule has 0 spiro atoms. The van der Waals surface area contributed by atoms with E-state index in [1.54, 1.807) is 5.56 Å². The van der Waals surface area contributed by atoms with Crippen LogP contribution in [0.5, 0.6) is 5.75 Å². The Kier molecular flexibility index (Phi) is 6.01. The molecule has 3 heteroatoms. The number of aliphatic hydroxyl groups excluding tert-OH is 1. The Morgan fingerprint density at radius 3 is 2.59 bits per heavy atom. The van der Waals surface area contributed by atoms with Crippen molar-refractivity contribution in [3.05, 3.63) is 29.3 Å². The van der Waals surface area contributed by atoms with Crippen molar-refractivity contribution in [2.45, 2.75) is 97.2 Å². The summed E-state index contributed by atoms with van der Waals surface area (Å²) in [6.45, 7) is 13.1. The van der Waals surface area contributed by atoms with Crippen molar-refractivity contribution in [1.29, 1.82) is 0 Å². The van der Waals surface area contributed by atoms with Gasteiger partial charge in [-0.25, -0.2) is 0 Å². The third kappa shape index (κ3) is 3.85. The third-order valence-electron chi connectivity index (χ3n) is 8.59. The Balaban J connectivity index is 1.42. The predicted octanol–water partition coefficient (Wildman–Crippen LogP) is 5.40. The molecule has 3 unspecified atom stereocenters. The number of hydrogen-bond donors (Lipinski definition) is 1. The molecule has 29 heavy (non-hydrogen) atoms. The molecule has 0 bridgehead atoms. The first-order valence-corrected chi connectivity index (χ1v) is 12.0. The van der Waals surface area contributed by atoms with Crippen LogP contribution >= 0.6 is 0 Å². The quantitative estimate of drug-likeness (QED) is 0.695. The zero-order valence-electron chi connectivity index (χ0n) is 19.2. The van der Waals surface area contributed by atoms with Gasteiger partial charge >= 0.3 is 0 Å². The molecule has 0 aromatic heterocycles. The summed E-state index contributed by atoms with van der Waals surface area (Å²) in [7, 11) is 0. The fraction of sp³-hybridized carbons (Fsp3) is 0.769. The topological polar surface area (TPSA) is 32.7 Å². The molecule has 1 N–H and O–H groups in total. The Labute approximate surface area is 177 Å². The summed E-state index contributed by atoms with van der Waals surface area (Å²) in [6.07, 6.45) is 7.01. The molecule has 3 nitrogen and oxygen atoms in total. The summed E-state index contributed by atoms with van der Waals surface area (Å²) >= 11 is 0. The van der Waals surface area contributed by atoms with Gasteiger partial charge in [-0.1, -0.05) is 13.0 Å². The Bertz CT molecular complexity index is 707. The maximum atomic E-state index is 10.6. The second-order valence-corrected chi connectivity index (χ2v) is 10.7. The first-order chi connectivity index (χ1) is 13.8. The van der Waals surface area contributed by atoms with E-state index in [9.17, 15) is 5.11 Å². The highest BCUT2D eigenvalue weighted by Crippen LogP contribution is 2.60. The molecule has 0 saturated heterocycles. The van der Waals surface area contributed by atoms with Gasteiger partial charge in [0.15, 0.2) is 0 Å². The van der Waals surface area contributed by atoms with Gasteiger partial charge in [-0.2, -0.15) is 0 Å². The van der Waals surface area contributed by atoms with Crippen molar-refractivity contribution in [3.8, 4) is 5.75 Å². The van der Waals surface area contributed by atoms with Crippen LogP contribution in [0.15, 0.2) is 18.2 Å². The highest BCUT2D eigenvalue weighted by Gasteiger charge is 2.54. The predicted molar refractivity (Wildman–Crippen MR) is 120 cm³/mol. The van der Waals surface area contributed by atoms with Crippen molar-refractivity contribution in [2.75, 3.05) is 13.2 Å². The number of hydrogen-bond acceptors (Lipinski definition) is 3. The number of rotatable bonds is 6. The highest BCUT2D eigenvalue weighted by atomic mass is 16.5. The minimum atomic E-state index is -0.0816. The standard InChI is InChI=1S/C26H41NO2/c1-17(2)27(18(3)4)14-15-29-20-7-9-21-19(16-20)6-8-23-22(21)12-13-26(5)24(23)10-11-25(26)28/h7,9,16-18,22-25,28H,6,8,10-15H2,1-5H3/t22?,23?,24?,25-,26-/m0/s1. The summed E-state index contributed by atoms with van der Waals surface area (Å²) in [5, 5.41) is 10.6. The second kappa shape index (κ2) is 8.23. The molecule has 0 heterocycles. The smallest absolute Gasteiger partial charge is 0.119 e. The van der Waals surface area contributed by atoms with E-state index in [2.05, 4.69) is 57.7 Å². The first-order valence-electron chi connectivity index (χ1n) is 12.0. The first kappa shape index (κ1) is 21.2. The molecule has 4 rings (SSSR count). The van der Waals surface area contributed by atoms with Gasteiger partial charge in [0.25, 0.3) is 0 Å². The lowest BCUT2D eigenvalue weighted by molar-refractivity contribution is -0.0226. The van der Waals surface area contributed by atoms with E-state index in [4.69, 9.17) is 4.74 Å². The van der Waals surface area contributed by atoms with Gasteiger partial charge in [-0.15, -0.1) is 0 Å². The molecule has 2 fully saturated rings. The van der Waals surface area contributed by atoms with Gasteiger partial charge in [0.2, 0.25) is 0 Å². The Morgan fingerprint density at radius 2 is 1.86 bits per heavy atom. The summed E-state index contributed by atoms with van der Waals surface area (Å²) in [5.74, 6) is 3.19. The van der Waals surface area contributed by atoms with E-state index in [1.807, 2.05) is 0 Å². The van der Waals surface area contributed by atoms with Gasteiger partial charge in [-0.05, 0) is 113 Å². The van der Waals surface area contributed by atoms with E-state index in [1.165, 1.54) is 37.7 Å². The van der Waals surface area contributed by atoms with Gasteiger partial charge < -0.3 is 9.84 Å². The number of ether oxygens (including phenoxy) is 1. The highest BCUT2D eigenvalue weighted by molar-refractivity contribution is 5.40. The molecule has 162 valence electrons. The fourth-order valence-electron chi connectivity index (χ4n) is 7.00. The van der Waals surface area contributed by atoms with E-state index in [-0.39, 0.29) is 11.5 Å². The average Bonchev–Trinajstić information content (AvgIpc) is 2.99. The van der Waals surface area contributed by atoms with Crippen molar-refractivity contribution < 1.29 is 9.84 Å². The van der Waals surface area contributed by atoms with Crippen LogP contribution in [0.4, 0.5) is 0 Å². The number of benzene rings is 1. The largest absolute Gasteiger partial charge is 0.492 e. The van der Waals surface area contributed by atoms with Gasteiger partial charge in [0.1, 0.15) is 12.4 Å². The lowest BCUT2D eigenvalue weighted by atomic mass is 9.55. The van der Waals surface area contributed by atoms with Crippen LogP contribution < -0.4 is 4.74 Å². The van der Waals surface area contributed by atoms with Gasteiger partial charge in [0.05, 0.1) is 6.10 Å². The number of fused-ring (bicyclic) bond motifs is 5. The van der Waals surface area contributed by atoms with Crippen LogP contribution in [-0.2, 0) is 6.42 Å². The van der Waals surface area contributed by atoms with Crippen LogP contribution in [0, 0.1) is 17.3 Å². The SMILES string of the molecule is CC(C)N(CCOc1ccc2c(c1)CCC1C2CC[C@@]2(C)C1CC[C@@H]2O)C(C)C. The summed E-state index contributed by atoms with van der Waals surface area (Å²) < 4.78 is 6.16. The van der Waals surface area contributed by atoms with Crippen LogP contribution in [0.2, 0.25) is 0 Å². The Morgan fingerprint density at radius 1 is 1.10 bits per heavy atom. The number of aryl methyl sites for hydroxylation is 1. The van der Waals surface area contributed by atoms with Crippen LogP contribution in [0.25, 0.3) is 0 Å². The zero-order valence-corrected chi connectivity index (χ0v) is 19.2. The minimum absolute atomic E-state index is 0.0816. The molecular formula is C26H41NO2. The molecule has 5 atom stereocenters. The van der Waals surface area contributed by atoms with Crippen LogP contribution in [0.1, 0.15) is 83.8 Å². The van der Waals surface area contributed by atoms with Crippen molar-refractivity contribution in [3.63, 3.8) is 0 Å². The second-order valence-electron chi connectivity index (χ2n) is 10.7. The van der Waals surface area contributed by atoms with Gasteiger partial charge in [-0.3, -0.25) is 4.90 Å². The Hall–Kier alpha value is -1.06. The summed E-state index contributed by atoms with van der Waals surface area (Å²) in [5.41, 5.74) is 3.25. The molecule has 2 saturated carbocycles. The molecule has 3 aliphatic rings. The molecule has 3 aliphatic carbocycles. The van der Waals surface area contributed by atoms with Crippen molar-refractivity contribution in [1.82, 2.24) is 4.90 Å². The van der Waals surface area contributed by atoms with Crippen molar-refractivity contribution in [2.24, 2.45) is 17.3 Å². The lowest BCUT2D eigenvalue weighted by Crippen LogP contribution is -2.43. The number of nitrogens with zero attached hydrogens (tertiary/aromatic N) is 1. The fourth-order valence-corrected chi connectivity index (χ4v) is 7.00. The van der Waals surface area contributed by atoms with E-state index in [0.717, 1.165) is 31.2 Å². The van der Waals surface area contributed by atoms with Crippen LogP contribution in [-0.4, -0.2) is 41.3 Å². The number of aliphatic hydroxyl groups is 1. The van der Waals surface area contributed by atoms with E-state index in [0.29, 0.717) is 23.9 Å². The molecule has 0 amide bonds. The average molecular weight is 400 g/mol. The molecular weight excluding hydrogens is 358 g/mol. The molecule has 1 aromatic carbocycles. The minimum Gasteiger partial charge on any atom is -0.492 e. The summed E-state index contributed by atoms with van der Waals surface area (Å²) in [4.78, 5) is 2.48. The maximum Gasteiger partial charge on any atom is 0.119 e. The lowest BCUT2D eigenvalue weighted by Gasteiger charge is -2.50. The zero-order chi connectivity index (χ0) is 20.8. The van der Waals surface area contributed by atoms with Crippen LogP contribution in [0.3, 0.4) is 0 Å². The normalized spacial score (nSPS) is 33.7. The molecule has 0 radical (unpaired) electrons. The van der Waals surface area contributed by atoms with Gasteiger partial charge in [0, 0.05) is 18.6 Å². The van der Waals surface area contributed by atoms with E-state index < -0.39 is 0 Å². The van der Waals surface area contributed by atoms with Crippen molar-refractivity contribution >= 4 is 0 Å². The monoisotopic (exact) mass is 399 g/mol. The molecule has 1 aromatic rings. The third-order valence-corrected chi connectivity index (χ3v) is 8.59. The summed E-state index contributed by atoms with van der Waals surface area (Å²) in [6, 6.07) is 7.97. The maximum absolute atomic E-state index is 10.6.